The maximum Gasteiger partial charge on any atom is 0.242 e. The fourth-order valence-corrected chi connectivity index (χ4v) is 3.90. The van der Waals surface area contributed by atoms with Crippen molar-refractivity contribution in [3.05, 3.63) is 90.5 Å². The second-order valence-corrected chi connectivity index (χ2v) is 6.34. The lowest BCUT2D eigenvalue weighted by atomic mass is 9.72. The van der Waals surface area contributed by atoms with Crippen LogP contribution in [0.2, 0.25) is 0 Å². The molecule has 24 heavy (non-hydrogen) atoms. The van der Waals surface area contributed by atoms with Crippen LogP contribution in [-0.4, -0.2) is 13.0 Å². The molecule has 0 saturated carbocycles. The molecule has 3 aromatic carbocycles. The van der Waals surface area contributed by atoms with E-state index in [1.807, 2.05) is 43.5 Å². The molecule has 2 heteroatoms. The fourth-order valence-electron chi connectivity index (χ4n) is 3.90. The van der Waals surface area contributed by atoms with E-state index in [1.54, 1.807) is 4.90 Å². The molecule has 1 atom stereocenters. The zero-order chi connectivity index (χ0) is 16.7. The molecule has 1 aliphatic heterocycles. The van der Waals surface area contributed by atoms with Gasteiger partial charge in [0.05, 0.1) is 0 Å². The van der Waals surface area contributed by atoms with Gasteiger partial charge in [-0.1, -0.05) is 60.7 Å². The maximum atomic E-state index is 13.3. The highest BCUT2D eigenvalue weighted by Crippen LogP contribution is 2.48. The number of allylic oxidation sites excluding steroid dienone is 1. The number of carbonyl (C=O) groups excluding carboxylic acids is 1. The lowest BCUT2D eigenvalue weighted by molar-refractivity contribution is -0.121. The molecule has 0 aliphatic carbocycles. The molecule has 0 fully saturated rings. The van der Waals surface area contributed by atoms with Gasteiger partial charge in [0.15, 0.2) is 0 Å². The van der Waals surface area contributed by atoms with E-state index in [0.29, 0.717) is 6.42 Å². The highest BCUT2D eigenvalue weighted by Gasteiger charge is 2.49. The van der Waals surface area contributed by atoms with E-state index >= 15 is 0 Å². The molecule has 0 aromatic heterocycles. The van der Waals surface area contributed by atoms with E-state index in [9.17, 15) is 4.79 Å². The van der Waals surface area contributed by atoms with Crippen LogP contribution >= 0.6 is 0 Å². The summed E-state index contributed by atoms with van der Waals surface area (Å²) in [6.45, 7) is 3.92. The lowest BCUT2D eigenvalue weighted by Crippen LogP contribution is -2.39. The summed E-state index contributed by atoms with van der Waals surface area (Å²) in [7, 11) is 1.85. The van der Waals surface area contributed by atoms with Crippen molar-refractivity contribution in [2.24, 2.45) is 0 Å². The van der Waals surface area contributed by atoms with Gasteiger partial charge < -0.3 is 4.90 Å². The second kappa shape index (κ2) is 5.34. The van der Waals surface area contributed by atoms with E-state index in [2.05, 4.69) is 43.0 Å². The van der Waals surface area contributed by atoms with Crippen LogP contribution in [0, 0.1) is 0 Å². The number of anilines is 1. The molecule has 2 nitrogen and oxygen atoms in total. The summed E-state index contributed by atoms with van der Waals surface area (Å²) in [6.07, 6.45) is 2.44. The van der Waals surface area contributed by atoms with Crippen molar-refractivity contribution in [2.75, 3.05) is 11.9 Å². The standard InChI is InChI=1S/C22H19NO/c1-3-14-22(18-13-12-16-8-4-5-9-17(16)15-18)19-10-6-7-11-20(19)23(2)21(22)24/h3-13,15H,1,14H2,2H3/t22-/m1/s1. The molecule has 1 aliphatic rings. The molecule has 0 radical (unpaired) electrons. The molecule has 1 heterocycles. The summed E-state index contributed by atoms with van der Waals surface area (Å²) in [5.41, 5.74) is 2.39. The van der Waals surface area contributed by atoms with Crippen LogP contribution in [0.4, 0.5) is 5.69 Å². The Kier molecular flexibility index (Phi) is 3.27. The minimum atomic E-state index is -0.683. The second-order valence-electron chi connectivity index (χ2n) is 6.34. The van der Waals surface area contributed by atoms with Crippen molar-refractivity contribution < 1.29 is 4.79 Å². The van der Waals surface area contributed by atoms with Crippen molar-refractivity contribution in [1.82, 2.24) is 0 Å². The van der Waals surface area contributed by atoms with Crippen LogP contribution in [0.1, 0.15) is 17.5 Å². The average molecular weight is 313 g/mol. The van der Waals surface area contributed by atoms with Gasteiger partial charge in [0.25, 0.3) is 0 Å². The Bertz CT molecular complexity index is 959. The molecule has 118 valence electrons. The van der Waals surface area contributed by atoms with E-state index in [4.69, 9.17) is 0 Å². The van der Waals surface area contributed by atoms with Crippen molar-refractivity contribution in [1.29, 1.82) is 0 Å². The highest BCUT2D eigenvalue weighted by atomic mass is 16.2. The first kappa shape index (κ1) is 14.7. The summed E-state index contributed by atoms with van der Waals surface area (Å²) < 4.78 is 0. The number of para-hydroxylation sites is 1. The molecule has 1 amide bonds. The Morgan fingerprint density at radius 1 is 1.00 bits per heavy atom. The Morgan fingerprint density at radius 3 is 2.50 bits per heavy atom. The number of amides is 1. The average Bonchev–Trinajstić information content (AvgIpc) is 2.85. The predicted octanol–water partition coefficient (Wildman–Crippen LogP) is 4.68. The smallest absolute Gasteiger partial charge is 0.242 e. The third kappa shape index (κ3) is 1.86. The van der Waals surface area contributed by atoms with Gasteiger partial charge in [-0.2, -0.15) is 0 Å². The minimum absolute atomic E-state index is 0.110. The number of likely N-dealkylation sites (N-methyl/N-ethyl adjacent to an activating group) is 1. The van der Waals surface area contributed by atoms with Gasteiger partial charge in [-0.15, -0.1) is 6.58 Å². The topological polar surface area (TPSA) is 20.3 Å². The van der Waals surface area contributed by atoms with E-state index < -0.39 is 5.41 Å². The summed E-state index contributed by atoms with van der Waals surface area (Å²) in [5, 5.41) is 2.33. The number of hydrogen-bond acceptors (Lipinski definition) is 1. The molecule has 0 spiro atoms. The van der Waals surface area contributed by atoms with Crippen molar-refractivity contribution in [3.8, 4) is 0 Å². The highest BCUT2D eigenvalue weighted by molar-refractivity contribution is 6.10. The van der Waals surface area contributed by atoms with E-state index in [1.165, 1.54) is 5.39 Å². The molecular formula is C22H19NO. The SMILES string of the molecule is C=CC[C@]1(c2ccc3ccccc3c2)C(=O)N(C)c2ccccc21. The van der Waals surface area contributed by atoms with Crippen LogP contribution in [0.3, 0.4) is 0 Å². The van der Waals surface area contributed by atoms with Gasteiger partial charge in [-0.05, 0) is 40.5 Å². The van der Waals surface area contributed by atoms with Crippen LogP contribution in [0.15, 0.2) is 79.4 Å². The molecule has 0 N–H and O–H groups in total. The number of benzene rings is 3. The Balaban J connectivity index is 2.02. The Hall–Kier alpha value is -2.87. The third-order valence-electron chi connectivity index (χ3n) is 5.09. The summed E-state index contributed by atoms with van der Waals surface area (Å²) in [4.78, 5) is 15.1. The summed E-state index contributed by atoms with van der Waals surface area (Å²) in [6, 6.07) is 22.6. The van der Waals surface area contributed by atoms with Crippen LogP contribution in [-0.2, 0) is 10.2 Å². The minimum Gasteiger partial charge on any atom is -0.314 e. The van der Waals surface area contributed by atoms with Crippen LogP contribution < -0.4 is 4.90 Å². The van der Waals surface area contributed by atoms with Crippen molar-refractivity contribution in [3.63, 3.8) is 0 Å². The van der Waals surface area contributed by atoms with Crippen LogP contribution in [0.25, 0.3) is 10.8 Å². The first-order valence-electron chi connectivity index (χ1n) is 8.16. The normalized spacial score (nSPS) is 19.5. The van der Waals surface area contributed by atoms with Gasteiger partial charge in [-0.3, -0.25) is 4.79 Å². The molecule has 0 saturated heterocycles. The van der Waals surface area contributed by atoms with Gasteiger partial charge in [0.1, 0.15) is 5.41 Å². The maximum absolute atomic E-state index is 13.3. The Morgan fingerprint density at radius 2 is 1.71 bits per heavy atom. The van der Waals surface area contributed by atoms with Gasteiger partial charge >= 0.3 is 0 Å². The number of carbonyl (C=O) groups is 1. The fraction of sp³-hybridized carbons (Fsp3) is 0.136. The zero-order valence-electron chi connectivity index (χ0n) is 13.7. The first-order chi connectivity index (χ1) is 11.7. The number of hydrogen-bond donors (Lipinski definition) is 0. The Labute approximate surface area is 142 Å². The van der Waals surface area contributed by atoms with E-state index in [-0.39, 0.29) is 5.91 Å². The van der Waals surface area contributed by atoms with Gasteiger partial charge in [0.2, 0.25) is 5.91 Å². The molecule has 0 bridgehead atoms. The lowest BCUT2D eigenvalue weighted by Gasteiger charge is -2.28. The monoisotopic (exact) mass is 313 g/mol. The molecule has 3 aromatic rings. The predicted molar refractivity (Wildman–Crippen MR) is 99.4 cm³/mol. The quantitative estimate of drug-likeness (QED) is 0.643. The number of rotatable bonds is 3. The van der Waals surface area contributed by atoms with Crippen molar-refractivity contribution >= 4 is 22.4 Å². The van der Waals surface area contributed by atoms with E-state index in [0.717, 1.165) is 22.2 Å². The third-order valence-corrected chi connectivity index (χ3v) is 5.09. The summed E-state index contributed by atoms with van der Waals surface area (Å²) in [5.74, 6) is 0.110. The molecule has 4 rings (SSSR count). The zero-order valence-corrected chi connectivity index (χ0v) is 13.7. The van der Waals surface area contributed by atoms with Crippen molar-refractivity contribution in [2.45, 2.75) is 11.8 Å². The van der Waals surface area contributed by atoms with Gasteiger partial charge in [0, 0.05) is 12.7 Å². The molecule has 0 unspecified atom stereocenters. The van der Waals surface area contributed by atoms with Crippen LogP contribution in [0.5, 0.6) is 0 Å². The summed E-state index contributed by atoms with van der Waals surface area (Å²) >= 11 is 0. The number of nitrogens with zero attached hydrogens (tertiary/aromatic N) is 1. The largest absolute Gasteiger partial charge is 0.314 e. The molecular weight excluding hydrogens is 294 g/mol. The number of fused-ring (bicyclic) bond motifs is 2. The first-order valence-corrected chi connectivity index (χ1v) is 8.16. The van der Waals surface area contributed by atoms with Gasteiger partial charge in [-0.25, -0.2) is 0 Å².